The second-order valence-corrected chi connectivity index (χ2v) is 6.85. The largest absolute Gasteiger partial charge is 0.312 e. The second kappa shape index (κ2) is 6.04. The number of hydrogen-bond acceptors (Lipinski definition) is 4. The Hall–Kier alpha value is -1.23. The van der Waals surface area contributed by atoms with E-state index < -0.39 is 0 Å². The monoisotopic (exact) mass is 302 g/mol. The second-order valence-electron chi connectivity index (χ2n) is 4.78. The van der Waals surface area contributed by atoms with E-state index in [0.29, 0.717) is 6.04 Å². The van der Waals surface area contributed by atoms with Crippen molar-refractivity contribution in [2.24, 2.45) is 0 Å². The average molecular weight is 302 g/mol. The number of rotatable bonds is 5. The molecule has 1 atom stereocenters. The molecule has 1 aromatic carbocycles. The molecule has 2 heterocycles. The Morgan fingerprint density at radius 2 is 2.10 bits per heavy atom. The first-order valence-corrected chi connectivity index (χ1v) is 8.59. The van der Waals surface area contributed by atoms with Crippen molar-refractivity contribution >= 4 is 32.9 Å². The van der Waals surface area contributed by atoms with Gasteiger partial charge in [0.05, 0.1) is 15.2 Å². The third kappa shape index (κ3) is 2.64. The van der Waals surface area contributed by atoms with E-state index >= 15 is 0 Å². The lowest BCUT2D eigenvalue weighted by Gasteiger charge is -2.15. The maximum atomic E-state index is 4.75. The zero-order valence-electron chi connectivity index (χ0n) is 11.7. The highest BCUT2D eigenvalue weighted by Crippen LogP contribution is 2.30. The quantitative estimate of drug-likeness (QED) is 0.754. The number of nitrogens with one attached hydrogen (secondary N) is 1. The van der Waals surface area contributed by atoms with Crippen molar-refractivity contribution in [2.45, 2.75) is 25.8 Å². The summed E-state index contributed by atoms with van der Waals surface area (Å²) in [5.74, 6) is 0. The molecule has 0 saturated carbocycles. The minimum atomic E-state index is 0.366. The van der Waals surface area contributed by atoms with Gasteiger partial charge in [0, 0.05) is 17.3 Å². The van der Waals surface area contributed by atoms with Gasteiger partial charge in [0.25, 0.3) is 0 Å². The van der Waals surface area contributed by atoms with Gasteiger partial charge in [-0.3, -0.25) is 0 Å². The predicted octanol–water partition coefficient (Wildman–Crippen LogP) is 4.42. The minimum Gasteiger partial charge on any atom is -0.312 e. The molecule has 2 aromatic heterocycles. The molecule has 0 radical (unpaired) electrons. The Labute approximate surface area is 127 Å². The molecule has 0 bridgehead atoms. The maximum Gasteiger partial charge on any atom is 0.0957 e. The van der Waals surface area contributed by atoms with Crippen molar-refractivity contribution < 1.29 is 0 Å². The highest BCUT2D eigenvalue weighted by molar-refractivity contribution is 7.18. The molecule has 0 fully saturated rings. The minimum absolute atomic E-state index is 0.366. The molecular formula is C16H18N2S2. The van der Waals surface area contributed by atoms with Gasteiger partial charge in [0.15, 0.2) is 0 Å². The molecule has 0 aliphatic carbocycles. The molecule has 3 rings (SSSR count). The van der Waals surface area contributed by atoms with Crippen LogP contribution in [0.15, 0.2) is 35.7 Å². The van der Waals surface area contributed by atoms with Crippen LogP contribution >= 0.6 is 22.7 Å². The molecule has 104 valence electrons. The van der Waals surface area contributed by atoms with E-state index in [4.69, 9.17) is 4.98 Å². The van der Waals surface area contributed by atoms with Gasteiger partial charge >= 0.3 is 0 Å². The van der Waals surface area contributed by atoms with Crippen molar-refractivity contribution in [3.63, 3.8) is 0 Å². The lowest BCUT2D eigenvalue weighted by molar-refractivity contribution is 0.596. The fourth-order valence-corrected chi connectivity index (χ4v) is 4.57. The molecule has 3 aromatic rings. The van der Waals surface area contributed by atoms with Crippen LogP contribution < -0.4 is 5.32 Å². The lowest BCUT2D eigenvalue weighted by Crippen LogP contribution is -2.18. The number of thiophene rings is 1. The van der Waals surface area contributed by atoms with Gasteiger partial charge in [-0.1, -0.05) is 19.1 Å². The number of aryl methyl sites for hydroxylation is 1. The molecular weight excluding hydrogens is 284 g/mol. The van der Waals surface area contributed by atoms with Gasteiger partial charge in [0.2, 0.25) is 0 Å². The van der Waals surface area contributed by atoms with Crippen LogP contribution in [0.1, 0.15) is 28.4 Å². The van der Waals surface area contributed by atoms with Gasteiger partial charge in [-0.2, -0.15) is 0 Å². The fourth-order valence-electron chi connectivity index (χ4n) is 2.45. The number of aromatic nitrogens is 1. The summed E-state index contributed by atoms with van der Waals surface area (Å²) in [6.07, 6.45) is 2.06. The third-order valence-corrected chi connectivity index (χ3v) is 5.68. The molecule has 0 aliphatic heterocycles. The van der Waals surface area contributed by atoms with E-state index in [-0.39, 0.29) is 0 Å². The van der Waals surface area contributed by atoms with Crippen LogP contribution in [0, 0.1) is 0 Å². The molecule has 4 heteroatoms. The number of nitrogens with zero attached hydrogens (tertiary/aromatic N) is 1. The fraction of sp³-hybridized carbons (Fsp3) is 0.312. The maximum absolute atomic E-state index is 4.75. The Balaban J connectivity index is 1.87. The van der Waals surface area contributed by atoms with Crippen molar-refractivity contribution in [3.05, 3.63) is 51.2 Å². The number of likely N-dealkylation sites (N-methyl/N-ethyl adjacent to an activating group) is 1. The van der Waals surface area contributed by atoms with Crippen LogP contribution in [0.2, 0.25) is 0 Å². The molecule has 0 amide bonds. The molecule has 1 unspecified atom stereocenters. The smallest absolute Gasteiger partial charge is 0.0957 e. The van der Waals surface area contributed by atoms with Crippen LogP contribution in [-0.2, 0) is 12.8 Å². The Bertz CT molecular complexity index is 666. The number of para-hydroxylation sites is 1. The highest BCUT2D eigenvalue weighted by atomic mass is 32.1. The number of thiazole rings is 1. The van der Waals surface area contributed by atoms with Crippen LogP contribution in [-0.4, -0.2) is 12.0 Å². The number of hydrogen-bond donors (Lipinski definition) is 1. The van der Waals surface area contributed by atoms with Gasteiger partial charge < -0.3 is 5.32 Å². The first-order chi connectivity index (χ1) is 9.81. The number of benzene rings is 1. The van der Waals surface area contributed by atoms with E-state index in [0.717, 1.165) is 18.4 Å². The summed E-state index contributed by atoms with van der Waals surface area (Å²) in [6, 6.07) is 11.0. The van der Waals surface area contributed by atoms with E-state index in [9.17, 15) is 0 Å². The summed E-state index contributed by atoms with van der Waals surface area (Å²) >= 11 is 3.65. The van der Waals surface area contributed by atoms with Crippen LogP contribution in [0.25, 0.3) is 10.2 Å². The Morgan fingerprint density at radius 1 is 1.25 bits per heavy atom. The van der Waals surface area contributed by atoms with E-state index in [1.54, 1.807) is 11.3 Å². The van der Waals surface area contributed by atoms with Crippen molar-refractivity contribution in [2.75, 3.05) is 7.05 Å². The van der Waals surface area contributed by atoms with Crippen LogP contribution in [0.3, 0.4) is 0 Å². The molecule has 20 heavy (non-hydrogen) atoms. The summed E-state index contributed by atoms with van der Waals surface area (Å²) in [5.41, 5.74) is 2.57. The summed E-state index contributed by atoms with van der Waals surface area (Å²) in [6.45, 7) is 2.22. The van der Waals surface area contributed by atoms with E-state index in [1.807, 2.05) is 18.4 Å². The topological polar surface area (TPSA) is 24.9 Å². The summed E-state index contributed by atoms with van der Waals surface area (Å²) in [5, 5.41) is 6.85. The molecule has 0 aliphatic rings. The van der Waals surface area contributed by atoms with Crippen molar-refractivity contribution in [1.29, 1.82) is 0 Å². The Morgan fingerprint density at radius 3 is 2.85 bits per heavy atom. The Kier molecular flexibility index (Phi) is 4.15. The molecule has 0 spiro atoms. The first kappa shape index (κ1) is 13.7. The van der Waals surface area contributed by atoms with Crippen molar-refractivity contribution in [3.8, 4) is 0 Å². The van der Waals surface area contributed by atoms with Gasteiger partial charge in [-0.15, -0.1) is 22.7 Å². The number of fused-ring (bicyclic) bond motifs is 1. The van der Waals surface area contributed by atoms with Gasteiger partial charge in [-0.05, 0) is 42.6 Å². The summed E-state index contributed by atoms with van der Waals surface area (Å²) in [4.78, 5) is 6.20. The SMILES string of the molecule is CCc1ccsc1C(Cc1nc2ccccc2s1)NC. The predicted molar refractivity (Wildman–Crippen MR) is 88.8 cm³/mol. The third-order valence-electron chi connectivity index (χ3n) is 3.54. The lowest BCUT2D eigenvalue weighted by atomic mass is 10.1. The van der Waals surface area contributed by atoms with E-state index in [2.05, 4.69) is 48.0 Å². The van der Waals surface area contributed by atoms with Crippen LogP contribution in [0.4, 0.5) is 0 Å². The van der Waals surface area contributed by atoms with Gasteiger partial charge in [0.1, 0.15) is 0 Å². The average Bonchev–Trinajstić information content (AvgIpc) is 3.10. The van der Waals surface area contributed by atoms with Crippen molar-refractivity contribution in [1.82, 2.24) is 10.3 Å². The highest BCUT2D eigenvalue weighted by Gasteiger charge is 2.17. The zero-order chi connectivity index (χ0) is 13.9. The van der Waals surface area contributed by atoms with E-state index in [1.165, 1.54) is 20.1 Å². The standard InChI is InChI=1S/C16H18N2S2/c1-3-11-8-9-19-16(11)13(17-2)10-15-18-12-6-4-5-7-14(12)20-15/h4-9,13,17H,3,10H2,1-2H3. The summed E-state index contributed by atoms with van der Waals surface area (Å²) in [7, 11) is 2.04. The molecule has 0 saturated heterocycles. The van der Waals surface area contributed by atoms with Crippen LogP contribution in [0.5, 0.6) is 0 Å². The normalized spacial score (nSPS) is 12.9. The zero-order valence-corrected chi connectivity index (χ0v) is 13.4. The molecule has 1 N–H and O–H groups in total. The molecule has 2 nitrogen and oxygen atoms in total. The first-order valence-electron chi connectivity index (χ1n) is 6.89. The summed E-state index contributed by atoms with van der Waals surface area (Å²) < 4.78 is 1.28. The van der Waals surface area contributed by atoms with Gasteiger partial charge in [-0.25, -0.2) is 4.98 Å².